The van der Waals surface area contributed by atoms with Crippen LogP contribution in [0.1, 0.15) is 5.56 Å². The molecule has 0 unspecified atom stereocenters. The largest absolute Gasteiger partial charge is 0.493 e. The van der Waals surface area contributed by atoms with Gasteiger partial charge in [0, 0.05) is 11.6 Å². The van der Waals surface area contributed by atoms with Crippen LogP contribution in [0.15, 0.2) is 57.1 Å². The van der Waals surface area contributed by atoms with Gasteiger partial charge in [-0.2, -0.15) is 4.99 Å². The number of benzene rings is 1. The maximum Gasteiger partial charge on any atom is 0.301 e. The van der Waals surface area contributed by atoms with Gasteiger partial charge in [-0.05, 0) is 0 Å². The molecule has 17 heavy (non-hydrogen) atoms. The number of carbonyl (C=O) groups excluding carboxylic acids is 1. The van der Waals surface area contributed by atoms with Crippen molar-refractivity contribution in [1.82, 2.24) is 0 Å². The Morgan fingerprint density at radius 2 is 1.76 bits per heavy atom. The fourth-order valence-electron chi connectivity index (χ4n) is 1.64. The molecule has 1 amide bonds. The monoisotopic (exact) mass is 225 g/mol. The first-order valence-corrected chi connectivity index (χ1v) is 5.01. The number of carbonyl (C=O) groups is 1. The highest BCUT2D eigenvalue weighted by Crippen LogP contribution is 2.18. The standard InChI is InChI=1S/C12H7N3O2/c16-9-6-8-10(12(17)14-9)15-11(13-8)7-4-2-1-3-5-7/h1-6H,(H,14,16,17). The SMILES string of the molecule is O=C1N=C(O)C=C2N=C(c3ccccc3)N=C12. The molecule has 0 bridgehead atoms. The first kappa shape index (κ1) is 9.65. The average Bonchev–Trinajstić information content (AvgIpc) is 2.74. The van der Waals surface area contributed by atoms with Gasteiger partial charge >= 0.3 is 5.91 Å². The summed E-state index contributed by atoms with van der Waals surface area (Å²) in [6.07, 6.45) is 1.33. The Balaban J connectivity index is 2.07. The van der Waals surface area contributed by atoms with Crippen molar-refractivity contribution in [2.45, 2.75) is 0 Å². The molecular formula is C12H7N3O2. The van der Waals surface area contributed by atoms with Gasteiger partial charge in [0.15, 0.2) is 11.5 Å². The molecule has 2 heterocycles. The molecule has 0 atom stereocenters. The lowest BCUT2D eigenvalue weighted by Gasteiger charge is -2.01. The van der Waals surface area contributed by atoms with E-state index in [2.05, 4.69) is 15.0 Å². The molecule has 5 heteroatoms. The quantitative estimate of drug-likeness (QED) is 0.781. The summed E-state index contributed by atoms with van der Waals surface area (Å²) in [5.41, 5.74) is 1.37. The Labute approximate surface area is 96.6 Å². The number of amides is 1. The van der Waals surface area contributed by atoms with Crippen molar-refractivity contribution in [3.8, 4) is 0 Å². The Morgan fingerprint density at radius 1 is 1.00 bits per heavy atom. The van der Waals surface area contributed by atoms with Gasteiger partial charge in [-0.25, -0.2) is 9.98 Å². The summed E-state index contributed by atoms with van der Waals surface area (Å²) in [7, 11) is 0. The highest BCUT2D eigenvalue weighted by atomic mass is 16.3. The first-order valence-electron chi connectivity index (χ1n) is 5.01. The van der Waals surface area contributed by atoms with Crippen LogP contribution in [0.4, 0.5) is 0 Å². The maximum absolute atomic E-state index is 11.5. The molecule has 0 radical (unpaired) electrons. The van der Waals surface area contributed by atoms with Crippen LogP contribution < -0.4 is 0 Å². The van der Waals surface area contributed by atoms with E-state index in [0.29, 0.717) is 11.5 Å². The summed E-state index contributed by atoms with van der Waals surface area (Å²) in [5.74, 6) is -0.429. The summed E-state index contributed by atoms with van der Waals surface area (Å²) in [6, 6.07) is 9.32. The summed E-state index contributed by atoms with van der Waals surface area (Å²) in [5, 5.41) is 9.21. The molecular weight excluding hydrogens is 218 g/mol. The number of hydrogen-bond donors (Lipinski definition) is 1. The normalized spacial score (nSPS) is 18.0. The molecule has 0 spiro atoms. The van der Waals surface area contributed by atoms with Gasteiger partial charge in [-0.3, -0.25) is 4.79 Å². The number of aliphatic hydroxyl groups excluding tert-OH is 1. The Kier molecular flexibility index (Phi) is 1.98. The molecule has 1 aromatic carbocycles. The van der Waals surface area contributed by atoms with Crippen LogP contribution in [0.2, 0.25) is 0 Å². The van der Waals surface area contributed by atoms with E-state index in [0.717, 1.165) is 5.56 Å². The second-order valence-electron chi connectivity index (χ2n) is 3.57. The minimum atomic E-state index is -0.560. The zero-order chi connectivity index (χ0) is 11.8. The van der Waals surface area contributed by atoms with E-state index >= 15 is 0 Å². The highest BCUT2D eigenvalue weighted by molar-refractivity contribution is 6.52. The molecule has 0 aliphatic carbocycles. The van der Waals surface area contributed by atoms with Crippen LogP contribution >= 0.6 is 0 Å². The van der Waals surface area contributed by atoms with Gasteiger partial charge in [-0.15, -0.1) is 0 Å². The van der Waals surface area contributed by atoms with Gasteiger partial charge in [0.1, 0.15) is 5.70 Å². The van der Waals surface area contributed by atoms with Crippen LogP contribution in [0.5, 0.6) is 0 Å². The molecule has 0 fully saturated rings. The number of hydrogen-bond acceptors (Lipinski definition) is 3. The van der Waals surface area contributed by atoms with Crippen LogP contribution in [0.25, 0.3) is 0 Å². The minimum Gasteiger partial charge on any atom is -0.493 e. The van der Waals surface area contributed by atoms with Crippen LogP contribution in [0, 0.1) is 0 Å². The molecule has 82 valence electrons. The fraction of sp³-hybridized carbons (Fsp3) is 0. The number of nitrogens with zero attached hydrogens (tertiary/aromatic N) is 3. The van der Waals surface area contributed by atoms with E-state index in [4.69, 9.17) is 0 Å². The average molecular weight is 225 g/mol. The van der Waals surface area contributed by atoms with Gasteiger partial charge in [-0.1, -0.05) is 30.3 Å². The van der Waals surface area contributed by atoms with Crippen molar-refractivity contribution >= 4 is 23.4 Å². The molecule has 3 rings (SSSR count). The van der Waals surface area contributed by atoms with Crippen molar-refractivity contribution in [2.24, 2.45) is 15.0 Å². The number of rotatable bonds is 1. The van der Waals surface area contributed by atoms with E-state index in [1.807, 2.05) is 30.3 Å². The third-order valence-electron chi connectivity index (χ3n) is 2.40. The number of aliphatic hydroxyl groups is 1. The number of fused-ring (bicyclic) bond motifs is 1. The second-order valence-corrected chi connectivity index (χ2v) is 3.57. The van der Waals surface area contributed by atoms with Crippen LogP contribution in [-0.4, -0.2) is 28.5 Å². The Hall–Kier alpha value is -2.56. The van der Waals surface area contributed by atoms with E-state index in [1.54, 1.807) is 0 Å². The Morgan fingerprint density at radius 3 is 2.53 bits per heavy atom. The summed E-state index contributed by atoms with van der Waals surface area (Å²) < 4.78 is 0. The first-order chi connectivity index (χ1) is 8.24. The zero-order valence-corrected chi connectivity index (χ0v) is 8.66. The fourth-order valence-corrected chi connectivity index (χ4v) is 1.64. The smallest absolute Gasteiger partial charge is 0.301 e. The van der Waals surface area contributed by atoms with Crippen molar-refractivity contribution < 1.29 is 9.90 Å². The molecule has 0 saturated heterocycles. The van der Waals surface area contributed by atoms with Crippen molar-refractivity contribution in [1.29, 1.82) is 0 Å². The van der Waals surface area contributed by atoms with Gasteiger partial charge in [0.2, 0.25) is 5.90 Å². The number of amidine groups is 1. The lowest BCUT2D eigenvalue weighted by molar-refractivity contribution is -0.111. The van der Waals surface area contributed by atoms with E-state index < -0.39 is 5.91 Å². The molecule has 5 nitrogen and oxygen atoms in total. The maximum atomic E-state index is 11.5. The lowest BCUT2D eigenvalue weighted by atomic mass is 10.2. The van der Waals surface area contributed by atoms with Gasteiger partial charge in [0.05, 0.1) is 0 Å². The molecule has 1 N–H and O–H groups in total. The summed E-state index contributed by atoms with van der Waals surface area (Å²) in [6.45, 7) is 0. The number of aliphatic imine (C=N–C) groups is 3. The van der Waals surface area contributed by atoms with Crippen molar-refractivity contribution in [3.05, 3.63) is 47.7 Å². The van der Waals surface area contributed by atoms with E-state index in [9.17, 15) is 9.90 Å². The molecule has 2 aliphatic rings. The molecule has 2 aliphatic heterocycles. The van der Waals surface area contributed by atoms with Crippen molar-refractivity contribution in [2.75, 3.05) is 0 Å². The third-order valence-corrected chi connectivity index (χ3v) is 2.40. The highest BCUT2D eigenvalue weighted by Gasteiger charge is 2.27. The van der Waals surface area contributed by atoms with Gasteiger partial charge in [0.25, 0.3) is 0 Å². The molecule has 0 aromatic heterocycles. The molecule has 1 aromatic rings. The second kappa shape index (κ2) is 3.48. The van der Waals surface area contributed by atoms with Gasteiger partial charge < -0.3 is 5.11 Å². The topological polar surface area (TPSA) is 74.4 Å². The third kappa shape index (κ3) is 1.57. The Bertz CT molecular complexity index is 624. The predicted molar refractivity (Wildman–Crippen MR) is 63.6 cm³/mol. The minimum absolute atomic E-state index is 0.182. The van der Waals surface area contributed by atoms with Crippen molar-refractivity contribution in [3.63, 3.8) is 0 Å². The van der Waals surface area contributed by atoms with Crippen LogP contribution in [0.3, 0.4) is 0 Å². The van der Waals surface area contributed by atoms with E-state index in [-0.39, 0.29) is 11.6 Å². The summed E-state index contributed by atoms with van der Waals surface area (Å²) in [4.78, 5) is 23.2. The predicted octanol–water partition coefficient (Wildman–Crippen LogP) is 1.27. The lowest BCUT2D eigenvalue weighted by Crippen LogP contribution is -2.18. The van der Waals surface area contributed by atoms with Crippen LogP contribution in [-0.2, 0) is 4.79 Å². The summed E-state index contributed by atoms with van der Waals surface area (Å²) >= 11 is 0. The number of dihydropyridines is 1. The zero-order valence-electron chi connectivity index (χ0n) is 8.66. The molecule has 0 saturated carbocycles. The van der Waals surface area contributed by atoms with E-state index in [1.165, 1.54) is 6.08 Å².